The van der Waals surface area contributed by atoms with Crippen molar-refractivity contribution in [2.24, 2.45) is 0 Å². The minimum Gasteiger partial charge on any atom is -0.497 e. The molecule has 8 heteroatoms. The van der Waals surface area contributed by atoms with Crippen molar-refractivity contribution in [3.8, 4) is 5.75 Å². The normalized spacial score (nSPS) is 18.1. The number of carbonyl (C=O) groups excluding carboxylic acids is 3. The van der Waals surface area contributed by atoms with Crippen molar-refractivity contribution in [1.29, 1.82) is 0 Å². The summed E-state index contributed by atoms with van der Waals surface area (Å²) in [5, 5.41) is 5.32. The fourth-order valence-corrected chi connectivity index (χ4v) is 3.39. The van der Waals surface area contributed by atoms with E-state index in [9.17, 15) is 18.8 Å². The molecule has 1 fully saturated rings. The number of hydrogen-bond acceptors (Lipinski definition) is 4. The van der Waals surface area contributed by atoms with E-state index in [2.05, 4.69) is 10.6 Å². The van der Waals surface area contributed by atoms with Crippen molar-refractivity contribution < 1.29 is 23.5 Å². The van der Waals surface area contributed by atoms with Crippen LogP contribution in [-0.2, 0) is 22.6 Å². The number of benzene rings is 2. The van der Waals surface area contributed by atoms with Crippen molar-refractivity contribution in [1.82, 2.24) is 15.5 Å². The van der Waals surface area contributed by atoms with Gasteiger partial charge >= 0.3 is 6.03 Å². The van der Waals surface area contributed by atoms with Crippen LogP contribution in [0.1, 0.15) is 30.0 Å². The van der Waals surface area contributed by atoms with Crippen molar-refractivity contribution in [2.75, 3.05) is 13.7 Å². The third kappa shape index (κ3) is 5.20. The van der Waals surface area contributed by atoms with Gasteiger partial charge in [-0.15, -0.1) is 0 Å². The van der Waals surface area contributed by atoms with Gasteiger partial charge in [0.15, 0.2) is 0 Å². The van der Waals surface area contributed by atoms with Crippen LogP contribution in [0.4, 0.5) is 9.18 Å². The van der Waals surface area contributed by atoms with Gasteiger partial charge in [0, 0.05) is 6.54 Å². The summed E-state index contributed by atoms with van der Waals surface area (Å²) < 4.78 is 18.8. The lowest BCUT2D eigenvalue weighted by Crippen LogP contribution is -2.45. The van der Waals surface area contributed by atoms with Crippen molar-refractivity contribution in [3.05, 3.63) is 65.0 Å². The Morgan fingerprint density at radius 2 is 1.84 bits per heavy atom. The number of rotatable bonds is 8. The lowest BCUT2D eigenvalue weighted by atomic mass is 9.93. The minimum atomic E-state index is -1.09. The van der Waals surface area contributed by atoms with Crippen LogP contribution in [0.2, 0.25) is 0 Å². The summed E-state index contributed by atoms with van der Waals surface area (Å²) >= 11 is 0. The van der Waals surface area contributed by atoms with Crippen LogP contribution < -0.4 is 15.4 Å². The minimum absolute atomic E-state index is 0.106. The Labute approximate surface area is 180 Å². The smallest absolute Gasteiger partial charge is 0.325 e. The van der Waals surface area contributed by atoms with Crippen LogP contribution in [-0.4, -0.2) is 41.9 Å². The summed E-state index contributed by atoms with van der Waals surface area (Å²) in [6, 6.07) is 11.6. The molecule has 0 radical (unpaired) electrons. The number of methoxy groups -OCH3 is 1. The lowest BCUT2D eigenvalue weighted by molar-refractivity contribution is -0.134. The summed E-state index contributed by atoms with van der Waals surface area (Å²) in [5.74, 6) is -0.550. The van der Waals surface area contributed by atoms with Crippen LogP contribution in [0, 0.1) is 12.7 Å². The predicted molar refractivity (Wildman–Crippen MR) is 113 cm³/mol. The van der Waals surface area contributed by atoms with Gasteiger partial charge in [-0.2, -0.15) is 0 Å². The van der Waals surface area contributed by atoms with Crippen molar-refractivity contribution in [2.45, 2.75) is 38.8 Å². The van der Waals surface area contributed by atoms with Gasteiger partial charge in [-0.1, -0.05) is 24.3 Å². The molecule has 0 aliphatic carbocycles. The standard InChI is InChI=1S/C23H26FN3O4/c1-15-4-5-17(12-19(15)24)13-25-20(28)14-27-21(29)23(2,26-22(27)30)11-10-16-6-8-18(31-3)9-7-16/h4-9,12H,10-11,13-14H2,1-3H3,(H,25,28)(H,26,30). The second kappa shape index (κ2) is 9.16. The number of urea groups is 1. The Bertz CT molecular complexity index is 993. The van der Waals surface area contributed by atoms with E-state index in [1.807, 2.05) is 24.3 Å². The summed E-state index contributed by atoms with van der Waals surface area (Å²) in [6.07, 6.45) is 0.968. The molecule has 2 N–H and O–H groups in total. The number of imide groups is 1. The molecule has 164 valence electrons. The molecule has 1 aliphatic rings. The monoisotopic (exact) mass is 427 g/mol. The highest BCUT2D eigenvalue weighted by molar-refractivity contribution is 6.08. The van der Waals surface area contributed by atoms with Gasteiger partial charge in [-0.25, -0.2) is 9.18 Å². The molecule has 3 rings (SSSR count). The molecular weight excluding hydrogens is 401 g/mol. The third-order valence-electron chi connectivity index (χ3n) is 5.45. The SMILES string of the molecule is COc1ccc(CCC2(C)NC(=O)N(CC(=O)NCc3ccc(C)c(F)c3)C2=O)cc1. The van der Waals surface area contributed by atoms with Gasteiger partial charge in [-0.3, -0.25) is 14.5 Å². The third-order valence-corrected chi connectivity index (χ3v) is 5.45. The lowest BCUT2D eigenvalue weighted by Gasteiger charge is -2.21. The maximum Gasteiger partial charge on any atom is 0.325 e. The quantitative estimate of drug-likeness (QED) is 0.634. The molecule has 1 heterocycles. The molecule has 0 saturated carbocycles. The Morgan fingerprint density at radius 3 is 2.48 bits per heavy atom. The largest absolute Gasteiger partial charge is 0.497 e. The van der Waals surface area contributed by atoms with E-state index in [4.69, 9.17) is 4.74 Å². The van der Waals surface area contributed by atoms with Crippen LogP contribution >= 0.6 is 0 Å². The zero-order valence-corrected chi connectivity index (χ0v) is 17.8. The van der Waals surface area contributed by atoms with Crippen LogP contribution in [0.15, 0.2) is 42.5 Å². The number of nitrogens with one attached hydrogen (secondary N) is 2. The first-order chi connectivity index (χ1) is 14.7. The molecular formula is C23H26FN3O4. The second-order valence-corrected chi connectivity index (χ2v) is 7.86. The molecule has 31 heavy (non-hydrogen) atoms. The number of carbonyl (C=O) groups is 3. The molecule has 1 unspecified atom stereocenters. The van der Waals surface area contributed by atoms with Crippen molar-refractivity contribution >= 4 is 17.8 Å². The Balaban J connectivity index is 1.55. The molecule has 1 atom stereocenters. The summed E-state index contributed by atoms with van der Waals surface area (Å²) in [6.45, 7) is 3.02. The zero-order valence-electron chi connectivity index (χ0n) is 17.8. The zero-order chi connectivity index (χ0) is 22.6. The van der Waals surface area contributed by atoms with E-state index < -0.39 is 29.9 Å². The molecule has 0 bridgehead atoms. The van der Waals surface area contributed by atoms with Gasteiger partial charge in [0.1, 0.15) is 23.7 Å². The summed E-state index contributed by atoms with van der Waals surface area (Å²) in [7, 11) is 1.59. The van der Waals surface area contributed by atoms with Crippen LogP contribution in [0.5, 0.6) is 5.75 Å². The highest BCUT2D eigenvalue weighted by Gasteiger charge is 2.47. The maximum atomic E-state index is 13.6. The molecule has 0 aromatic heterocycles. The molecule has 0 spiro atoms. The molecule has 1 saturated heterocycles. The summed E-state index contributed by atoms with van der Waals surface area (Å²) in [5.41, 5.74) is 1.03. The Kier molecular flexibility index (Phi) is 6.58. The van der Waals surface area contributed by atoms with Crippen LogP contribution in [0.3, 0.4) is 0 Å². The highest BCUT2D eigenvalue weighted by Crippen LogP contribution is 2.24. The van der Waals surface area contributed by atoms with E-state index in [1.165, 1.54) is 6.07 Å². The summed E-state index contributed by atoms with van der Waals surface area (Å²) in [4.78, 5) is 38.4. The molecule has 2 aromatic rings. The maximum absolute atomic E-state index is 13.6. The van der Waals surface area contributed by atoms with Gasteiger partial charge in [0.25, 0.3) is 5.91 Å². The number of ether oxygens (including phenoxy) is 1. The van der Waals surface area contributed by atoms with Crippen LogP contribution in [0.25, 0.3) is 0 Å². The highest BCUT2D eigenvalue weighted by atomic mass is 19.1. The van der Waals surface area contributed by atoms with E-state index >= 15 is 0 Å². The van der Waals surface area contributed by atoms with Gasteiger partial charge in [-0.05, 0) is 61.6 Å². The first kappa shape index (κ1) is 22.3. The fourth-order valence-electron chi connectivity index (χ4n) is 3.39. The Hall–Kier alpha value is -3.42. The average molecular weight is 427 g/mol. The topological polar surface area (TPSA) is 87.7 Å². The molecule has 4 amide bonds. The first-order valence-electron chi connectivity index (χ1n) is 10.0. The molecule has 1 aliphatic heterocycles. The number of halogens is 1. The van der Waals surface area contributed by atoms with E-state index in [1.54, 1.807) is 33.1 Å². The van der Waals surface area contributed by atoms with E-state index in [0.29, 0.717) is 24.0 Å². The average Bonchev–Trinajstić information content (AvgIpc) is 2.97. The second-order valence-electron chi connectivity index (χ2n) is 7.86. The fraction of sp³-hybridized carbons (Fsp3) is 0.348. The molecule has 2 aromatic carbocycles. The van der Waals surface area contributed by atoms with Gasteiger partial charge in [0.05, 0.1) is 7.11 Å². The number of aryl methyl sites for hydroxylation is 2. The first-order valence-corrected chi connectivity index (χ1v) is 10.0. The van der Waals surface area contributed by atoms with Crippen molar-refractivity contribution in [3.63, 3.8) is 0 Å². The molecule has 7 nitrogen and oxygen atoms in total. The van der Waals surface area contributed by atoms with Gasteiger partial charge in [0.2, 0.25) is 5.91 Å². The Morgan fingerprint density at radius 1 is 1.16 bits per heavy atom. The number of amides is 4. The predicted octanol–water partition coefficient (Wildman–Crippen LogP) is 2.70. The van der Waals surface area contributed by atoms with Gasteiger partial charge < -0.3 is 15.4 Å². The van der Waals surface area contributed by atoms with E-state index in [0.717, 1.165) is 16.2 Å². The number of hydrogen-bond donors (Lipinski definition) is 2. The number of nitrogens with zero attached hydrogens (tertiary/aromatic N) is 1. The van der Waals surface area contributed by atoms with E-state index in [-0.39, 0.29) is 12.4 Å².